The van der Waals surface area contributed by atoms with Crippen LogP contribution in [0.5, 0.6) is 0 Å². The van der Waals surface area contributed by atoms with Crippen LogP contribution in [0.1, 0.15) is 12.8 Å². The molecular formula is C25H28ClN5O3S. The quantitative estimate of drug-likeness (QED) is 0.575. The molecule has 0 unspecified atom stereocenters. The number of carbonyl (C=O) groups excluding carboxylic acids is 1. The van der Waals surface area contributed by atoms with Gasteiger partial charge in [0.15, 0.2) is 0 Å². The van der Waals surface area contributed by atoms with E-state index in [1.807, 2.05) is 29.2 Å². The Morgan fingerprint density at radius 1 is 0.914 bits per heavy atom. The predicted molar refractivity (Wildman–Crippen MR) is 138 cm³/mol. The predicted octanol–water partition coefficient (Wildman–Crippen LogP) is 3.22. The van der Waals surface area contributed by atoms with Crippen molar-refractivity contribution in [2.45, 2.75) is 17.7 Å². The number of aromatic nitrogens is 1. The minimum atomic E-state index is -3.64. The van der Waals surface area contributed by atoms with E-state index in [1.54, 1.807) is 30.5 Å². The van der Waals surface area contributed by atoms with Crippen LogP contribution in [-0.2, 0) is 14.8 Å². The highest BCUT2D eigenvalue weighted by atomic mass is 35.5. The van der Waals surface area contributed by atoms with E-state index in [0.29, 0.717) is 37.0 Å². The number of nitrogens with two attached hydrogens (primary N) is 1. The number of hydrogen-bond donors (Lipinski definition) is 1. The van der Waals surface area contributed by atoms with Crippen molar-refractivity contribution < 1.29 is 13.2 Å². The van der Waals surface area contributed by atoms with Gasteiger partial charge in [0.25, 0.3) is 0 Å². The van der Waals surface area contributed by atoms with Gasteiger partial charge in [0.05, 0.1) is 4.90 Å². The van der Waals surface area contributed by atoms with Crippen molar-refractivity contribution in [2.24, 2.45) is 5.92 Å². The molecule has 184 valence electrons. The number of pyridine rings is 1. The summed E-state index contributed by atoms with van der Waals surface area (Å²) in [5.41, 5.74) is 6.82. The highest BCUT2D eigenvalue weighted by Crippen LogP contribution is 2.27. The molecule has 0 spiro atoms. The van der Waals surface area contributed by atoms with Gasteiger partial charge < -0.3 is 15.5 Å². The number of carbonyl (C=O) groups is 1. The van der Waals surface area contributed by atoms with Gasteiger partial charge >= 0.3 is 0 Å². The highest BCUT2D eigenvalue weighted by Gasteiger charge is 2.34. The maximum Gasteiger partial charge on any atom is 0.243 e. The number of halogens is 1. The lowest BCUT2D eigenvalue weighted by atomic mass is 9.94. The summed E-state index contributed by atoms with van der Waals surface area (Å²) in [6.07, 6.45) is 3.23. The van der Waals surface area contributed by atoms with Gasteiger partial charge in [-0.25, -0.2) is 13.4 Å². The third-order valence-electron chi connectivity index (χ3n) is 6.94. The second-order valence-corrected chi connectivity index (χ2v) is 11.5. The van der Waals surface area contributed by atoms with E-state index in [0.717, 1.165) is 42.4 Å². The number of nitrogen functional groups attached to an aromatic ring is 1. The summed E-state index contributed by atoms with van der Waals surface area (Å²) >= 11 is 6.04. The first kappa shape index (κ1) is 23.8. The standard InChI is InChI=1S/C25H28ClN5O3S/c26-21-3-1-20-16-23(4-2-19(20)15-21)35(33,34)31-13-11-30(12-14-31)25(32)18-6-9-29(10-7-18)22-5-8-28-24(27)17-22/h1-5,8,15-18H,6-7,9-14H2,(H2,27,28). The molecule has 3 aromatic rings. The molecule has 2 aromatic carbocycles. The van der Waals surface area contributed by atoms with Crippen LogP contribution in [0, 0.1) is 5.92 Å². The summed E-state index contributed by atoms with van der Waals surface area (Å²) in [6.45, 7) is 2.96. The average molecular weight is 514 g/mol. The van der Waals surface area contributed by atoms with Crippen LogP contribution in [-0.4, -0.2) is 67.8 Å². The molecule has 2 aliphatic heterocycles. The number of hydrogen-bond acceptors (Lipinski definition) is 6. The summed E-state index contributed by atoms with van der Waals surface area (Å²) in [4.78, 5) is 21.5. The van der Waals surface area contributed by atoms with Crippen molar-refractivity contribution in [1.29, 1.82) is 0 Å². The first-order valence-electron chi connectivity index (χ1n) is 11.8. The Labute approximate surface area is 210 Å². The zero-order valence-corrected chi connectivity index (χ0v) is 20.9. The average Bonchev–Trinajstić information content (AvgIpc) is 2.88. The van der Waals surface area contributed by atoms with Crippen molar-refractivity contribution in [3.8, 4) is 0 Å². The number of anilines is 2. The van der Waals surface area contributed by atoms with Crippen molar-refractivity contribution in [3.05, 3.63) is 59.8 Å². The Balaban J connectivity index is 1.18. The molecule has 0 saturated carbocycles. The van der Waals surface area contributed by atoms with E-state index in [2.05, 4.69) is 9.88 Å². The zero-order chi connectivity index (χ0) is 24.6. The number of benzene rings is 2. The fourth-order valence-corrected chi connectivity index (χ4v) is 6.57. The van der Waals surface area contributed by atoms with E-state index in [-0.39, 0.29) is 16.7 Å². The fraction of sp³-hybridized carbons (Fsp3) is 0.360. The molecule has 35 heavy (non-hydrogen) atoms. The largest absolute Gasteiger partial charge is 0.384 e. The Hall–Kier alpha value is -2.88. The van der Waals surface area contributed by atoms with Crippen LogP contribution in [0.4, 0.5) is 11.5 Å². The van der Waals surface area contributed by atoms with Crippen LogP contribution in [0.15, 0.2) is 59.6 Å². The lowest BCUT2D eigenvalue weighted by molar-refractivity contribution is -0.137. The first-order valence-corrected chi connectivity index (χ1v) is 13.6. The number of nitrogens with zero attached hydrogens (tertiary/aromatic N) is 4. The lowest BCUT2D eigenvalue weighted by Crippen LogP contribution is -2.52. The van der Waals surface area contributed by atoms with Crippen LogP contribution in [0.3, 0.4) is 0 Å². The lowest BCUT2D eigenvalue weighted by Gasteiger charge is -2.38. The van der Waals surface area contributed by atoms with E-state index < -0.39 is 10.0 Å². The van der Waals surface area contributed by atoms with Gasteiger partial charge in [-0.05, 0) is 53.9 Å². The summed E-state index contributed by atoms with van der Waals surface area (Å²) in [7, 11) is -3.64. The number of amides is 1. The Morgan fingerprint density at radius 2 is 1.60 bits per heavy atom. The minimum Gasteiger partial charge on any atom is -0.384 e. The number of rotatable bonds is 4. The van der Waals surface area contributed by atoms with Crippen LogP contribution < -0.4 is 10.6 Å². The molecule has 10 heteroatoms. The van der Waals surface area contributed by atoms with E-state index in [1.165, 1.54) is 4.31 Å². The number of sulfonamides is 1. The Kier molecular flexibility index (Phi) is 6.57. The second kappa shape index (κ2) is 9.64. The smallest absolute Gasteiger partial charge is 0.243 e. The van der Waals surface area contributed by atoms with Crippen LogP contribution in [0.2, 0.25) is 5.02 Å². The monoisotopic (exact) mass is 513 g/mol. The van der Waals surface area contributed by atoms with Crippen molar-refractivity contribution in [2.75, 3.05) is 49.9 Å². The van der Waals surface area contributed by atoms with E-state index in [9.17, 15) is 13.2 Å². The zero-order valence-electron chi connectivity index (χ0n) is 19.3. The van der Waals surface area contributed by atoms with Gasteiger partial charge in [-0.15, -0.1) is 0 Å². The SMILES string of the molecule is Nc1cc(N2CCC(C(=O)N3CCN(S(=O)(=O)c4ccc5cc(Cl)ccc5c4)CC3)CC2)ccn1. The molecule has 3 heterocycles. The molecule has 0 atom stereocenters. The minimum absolute atomic E-state index is 0.0408. The fourth-order valence-electron chi connectivity index (χ4n) is 4.93. The third-order valence-corrected chi connectivity index (χ3v) is 9.07. The molecule has 1 amide bonds. The summed E-state index contributed by atoms with van der Waals surface area (Å²) < 4.78 is 28.0. The van der Waals surface area contributed by atoms with Gasteiger partial charge in [-0.3, -0.25) is 4.79 Å². The summed E-state index contributed by atoms with van der Waals surface area (Å²) in [6, 6.07) is 14.3. The first-order chi connectivity index (χ1) is 16.8. The highest BCUT2D eigenvalue weighted by molar-refractivity contribution is 7.89. The van der Waals surface area contributed by atoms with Crippen molar-refractivity contribution >= 4 is 49.8 Å². The second-order valence-electron chi connectivity index (χ2n) is 9.08. The molecule has 0 aliphatic carbocycles. The number of piperazine rings is 1. The van der Waals surface area contributed by atoms with Gasteiger partial charge in [0.1, 0.15) is 5.82 Å². The molecule has 2 fully saturated rings. The maximum atomic E-state index is 13.2. The summed E-state index contributed by atoms with van der Waals surface area (Å²) in [5.74, 6) is 0.570. The van der Waals surface area contributed by atoms with Crippen LogP contribution >= 0.6 is 11.6 Å². The number of piperidine rings is 1. The van der Waals surface area contributed by atoms with Gasteiger partial charge in [-0.2, -0.15) is 4.31 Å². The third kappa shape index (κ3) is 4.94. The van der Waals surface area contributed by atoms with E-state index in [4.69, 9.17) is 17.3 Å². The molecule has 0 bridgehead atoms. The molecule has 0 radical (unpaired) electrons. The molecule has 2 saturated heterocycles. The van der Waals surface area contributed by atoms with Gasteiger partial charge in [-0.1, -0.05) is 23.7 Å². The van der Waals surface area contributed by atoms with Crippen molar-refractivity contribution in [1.82, 2.24) is 14.2 Å². The molecule has 5 rings (SSSR count). The Morgan fingerprint density at radius 3 is 2.31 bits per heavy atom. The molecule has 1 aromatic heterocycles. The van der Waals surface area contributed by atoms with E-state index >= 15 is 0 Å². The molecule has 2 aliphatic rings. The normalized spacial score (nSPS) is 18.2. The maximum absolute atomic E-state index is 13.2. The summed E-state index contributed by atoms with van der Waals surface area (Å²) in [5, 5.41) is 2.33. The topological polar surface area (TPSA) is 99.8 Å². The van der Waals surface area contributed by atoms with Gasteiger partial charge in [0.2, 0.25) is 15.9 Å². The van der Waals surface area contributed by atoms with Crippen molar-refractivity contribution in [3.63, 3.8) is 0 Å². The van der Waals surface area contributed by atoms with Crippen LogP contribution in [0.25, 0.3) is 10.8 Å². The molecule has 8 nitrogen and oxygen atoms in total. The molecule has 2 N–H and O–H groups in total. The molecular weight excluding hydrogens is 486 g/mol. The Bertz CT molecular complexity index is 1350. The van der Waals surface area contributed by atoms with Gasteiger partial charge in [0, 0.05) is 68.2 Å². The number of fused-ring (bicyclic) bond motifs is 1.